The molecule has 1 aromatic rings. The molecule has 0 radical (unpaired) electrons. The Balaban J connectivity index is 0.00000144. The Labute approximate surface area is 90.1 Å². The van der Waals surface area contributed by atoms with Crippen molar-refractivity contribution in [2.75, 3.05) is 19.0 Å². The zero-order valence-corrected chi connectivity index (χ0v) is 10.8. The van der Waals surface area contributed by atoms with E-state index in [0.717, 1.165) is 5.69 Å². The monoisotopic (exact) mass is 229 g/mol. The van der Waals surface area contributed by atoms with Crippen LogP contribution in [0, 0.1) is 0 Å². The Bertz CT molecular complexity index is 299. The smallest absolute Gasteiger partial charge is 0.337 e. The van der Waals surface area contributed by atoms with Crippen LogP contribution in [0.5, 0.6) is 0 Å². The average molecular weight is 231 g/mol. The quantitative estimate of drug-likeness (QED) is 0.782. The second kappa shape index (κ2) is 4.98. The van der Waals surface area contributed by atoms with Crippen LogP contribution in [0.2, 0.25) is 0 Å². The van der Waals surface area contributed by atoms with E-state index in [-0.39, 0.29) is 19.5 Å². The first-order chi connectivity index (χ1) is 5.63. The number of aromatic carboxylic acids is 1. The molecule has 0 atom stereocenters. The molecule has 0 fully saturated rings. The molecule has 1 rings (SSSR count). The molecule has 0 amide bonds. The van der Waals surface area contributed by atoms with Gasteiger partial charge in [-0.25, -0.2) is 4.79 Å². The molecule has 0 aliphatic rings. The van der Waals surface area contributed by atoms with E-state index in [2.05, 4.69) is 0 Å². The topological polar surface area (TPSA) is 40.5 Å². The Morgan fingerprint density at radius 2 is 1.85 bits per heavy atom. The second-order valence-electron chi connectivity index (χ2n) is 2.72. The number of carboxylic acids is 1. The summed E-state index contributed by atoms with van der Waals surface area (Å²) in [4.78, 5) is 12.5. The summed E-state index contributed by atoms with van der Waals surface area (Å²) < 4.78 is 0. The number of nitrogens with zero attached hydrogens (tertiary/aromatic N) is 1. The van der Waals surface area contributed by atoms with E-state index in [0.29, 0.717) is 5.56 Å². The molecule has 4 heteroatoms. The summed E-state index contributed by atoms with van der Waals surface area (Å²) in [5.74, 6) is -0.890. The van der Waals surface area contributed by atoms with Crippen molar-refractivity contribution in [2.45, 2.75) is 0 Å². The zero-order valence-electron chi connectivity index (χ0n) is 7.82. The summed E-state index contributed by atoms with van der Waals surface area (Å²) in [5.41, 5.74) is 1.06. The van der Waals surface area contributed by atoms with Crippen molar-refractivity contribution in [1.82, 2.24) is 0 Å². The third-order valence-corrected chi connectivity index (χ3v) is 1.62. The maximum atomic E-state index is 10.7. The normalized spacial score (nSPS) is 8.77. The molecule has 1 N–H and O–H groups in total. The summed E-state index contributed by atoms with van der Waals surface area (Å²) in [6.07, 6.45) is 0. The molecule has 0 spiro atoms. The van der Waals surface area contributed by atoms with Gasteiger partial charge in [0.1, 0.15) is 0 Å². The molecular formula is C9H11NO2Zn. The number of para-hydroxylation sites is 1. The van der Waals surface area contributed by atoms with Gasteiger partial charge in [-0.15, -0.1) is 0 Å². The van der Waals surface area contributed by atoms with Gasteiger partial charge in [0.25, 0.3) is 0 Å². The van der Waals surface area contributed by atoms with E-state index in [1.807, 2.05) is 20.2 Å². The Morgan fingerprint density at radius 1 is 1.31 bits per heavy atom. The van der Waals surface area contributed by atoms with Gasteiger partial charge >= 0.3 is 5.97 Å². The molecule has 0 saturated carbocycles. The van der Waals surface area contributed by atoms with Gasteiger partial charge in [0, 0.05) is 33.6 Å². The molecule has 13 heavy (non-hydrogen) atoms. The van der Waals surface area contributed by atoms with Crippen LogP contribution in [0.15, 0.2) is 24.3 Å². The van der Waals surface area contributed by atoms with E-state index >= 15 is 0 Å². The van der Waals surface area contributed by atoms with Crippen molar-refractivity contribution < 1.29 is 29.4 Å². The van der Waals surface area contributed by atoms with Gasteiger partial charge in [-0.1, -0.05) is 12.1 Å². The van der Waals surface area contributed by atoms with Crippen LogP contribution in [0.4, 0.5) is 5.69 Å². The zero-order chi connectivity index (χ0) is 9.14. The fourth-order valence-corrected chi connectivity index (χ4v) is 1.04. The second-order valence-corrected chi connectivity index (χ2v) is 2.72. The third kappa shape index (κ3) is 2.81. The van der Waals surface area contributed by atoms with Crippen molar-refractivity contribution in [3.05, 3.63) is 29.8 Å². The SMILES string of the molecule is CN(C)c1ccccc1C(=O)O.[Zn]. The summed E-state index contributed by atoms with van der Waals surface area (Å²) in [6.45, 7) is 0. The number of rotatable bonds is 2. The van der Waals surface area contributed by atoms with Crippen LogP contribution < -0.4 is 4.90 Å². The summed E-state index contributed by atoms with van der Waals surface area (Å²) >= 11 is 0. The number of hydrogen-bond acceptors (Lipinski definition) is 2. The fraction of sp³-hybridized carbons (Fsp3) is 0.222. The number of benzene rings is 1. The molecule has 66 valence electrons. The van der Waals surface area contributed by atoms with Gasteiger partial charge < -0.3 is 10.0 Å². The molecule has 0 bridgehead atoms. The maximum absolute atomic E-state index is 10.7. The van der Waals surface area contributed by atoms with Crippen LogP contribution in [-0.2, 0) is 19.5 Å². The first-order valence-corrected chi connectivity index (χ1v) is 3.62. The maximum Gasteiger partial charge on any atom is 0.337 e. The van der Waals surface area contributed by atoms with E-state index in [4.69, 9.17) is 5.11 Å². The number of carboxylic acid groups (broad SMARTS) is 1. The number of hydrogen-bond donors (Lipinski definition) is 1. The minimum absolute atomic E-state index is 0. The first-order valence-electron chi connectivity index (χ1n) is 3.62. The molecule has 0 unspecified atom stereocenters. The minimum Gasteiger partial charge on any atom is -0.478 e. The van der Waals surface area contributed by atoms with Gasteiger partial charge in [-0.3, -0.25) is 0 Å². The van der Waals surface area contributed by atoms with Crippen LogP contribution in [0.25, 0.3) is 0 Å². The molecule has 0 aliphatic carbocycles. The Kier molecular flexibility index (Phi) is 4.64. The summed E-state index contributed by atoms with van der Waals surface area (Å²) in [7, 11) is 3.64. The molecule has 0 saturated heterocycles. The Morgan fingerprint density at radius 3 is 2.23 bits per heavy atom. The van der Waals surface area contributed by atoms with Crippen LogP contribution in [0.1, 0.15) is 10.4 Å². The van der Waals surface area contributed by atoms with Gasteiger partial charge in [-0.05, 0) is 12.1 Å². The van der Waals surface area contributed by atoms with Gasteiger partial charge in [-0.2, -0.15) is 0 Å². The van der Waals surface area contributed by atoms with E-state index < -0.39 is 5.97 Å². The minimum atomic E-state index is -0.890. The van der Waals surface area contributed by atoms with E-state index in [9.17, 15) is 4.79 Å². The Hall–Kier alpha value is -0.887. The van der Waals surface area contributed by atoms with E-state index in [1.165, 1.54) is 0 Å². The summed E-state index contributed by atoms with van der Waals surface area (Å²) in [6, 6.07) is 6.92. The van der Waals surface area contributed by atoms with Gasteiger partial charge in [0.2, 0.25) is 0 Å². The number of anilines is 1. The molecule has 1 aromatic carbocycles. The van der Waals surface area contributed by atoms with Crippen molar-refractivity contribution in [3.63, 3.8) is 0 Å². The van der Waals surface area contributed by atoms with E-state index in [1.54, 1.807) is 23.1 Å². The predicted octanol–water partition coefficient (Wildman–Crippen LogP) is 1.45. The first kappa shape index (κ1) is 12.1. The standard InChI is InChI=1S/C9H11NO2.Zn/c1-10(2)8-6-4-3-5-7(8)9(11)12;/h3-6H,1-2H3,(H,11,12);. The molecule has 0 aromatic heterocycles. The fourth-order valence-electron chi connectivity index (χ4n) is 1.04. The average Bonchev–Trinajstić information content (AvgIpc) is 2.04. The summed E-state index contributed by atoms with van der Waals surface area (Å²) in [5, 5.41) is 8.79. The molecule has 0 heterocycles. The molecule has 0 aliphatic heterocycles. The van der Waals surface area contributed by atoms with Crippen molar-refractivity contribution >= 4 is 11.7 Å². The molecule has 3 nitrogen and oxygen atoms in total. The van der Waals surface area contributed by atoms with Crippen molar-refractivity contribution in [3.8, 4) is 0 Å². The number of carbonyl (C=O) groups is 1. The van der Waals surface area contributed by atoms with Crippen molar-refractivity contribution in [2.24, 2.45) is 0 Å². The molecular weight excluding hydrogens is 219 g/mol. The van der Waals surface area contributed by atoms with Crippen LogP contribution >= 0.6 is 0 Å². The van der Waals surface area contributed by atoms with Crippen molar-refractivity contribution in [1.29, 1.82) is 0 Å². The van der Waals surface area contributed by atoms with Crippen LogP contribution in [0.3, 0.4) is 0 Å². The largest absolute Gasteiger partial charge is 0.478 e. The van der Waals surface area contributed by atoms with Gasteiger partial charge in [0.15, 0.2) is 0 Å². The van der Waals surface area contributed by atoms with Crippen LogP contribution in [-0.4, -0.2) is 25.2 Å². The predicted molar refractivity (Wildman–Crippen MR) is 47.7 cm³/mol. The third-order valence-electron chi connectivity index (χ3n) is 1.62. The van der Waals surface area contributed by atoms with Gasteiger partial charge in [0.05, 0.1) is 11.3 Å².